The topological polar surface area (TPSA) is 59.0 Å². The number of benzene rings is 1. The summed E-state index contributed by atoms with van der Waals surface area (Å²) < 4.78 is 0. The highest BCUT2D eigenvalue weighted by molar-refractivity contribution is 6.08. The van der Waals surface area contributed by atoms with E-state index in [0.717, 1.165) is 58.2 Å². The summed E-state index contributed by atoms with van der Waals surface area (Å²) in [5.41, 5.74) is 5.35. The second kappa shape index (κ2) is 6.72. The minimum Gasteiger partial charge on any atom is -0.336 e. The van der Waals surface area contributed by atoms with Crippen molar-refractivity contribution < 1.29 is 4.79 Å². The second-order valence-electron chi connectivity index (χ2n) is 7.54. The van der Waals surface area contributed by atoms with Crippen LogP contribution in [0.15, 0.2) is 30.6 Å². The number of hydrogen-bond acceptors (Lipinski definition) is 4. The highest BCUT2D eigenvalue weighted by Gasteiger charge is 2.28. The van der Waals surface area contributed by atoms with Crippen molar-refractivity contribution in [3.05, 3.63) is 53.1 Å². The Labute approximate surface area is 159 Å². The molecule has 0 N–H and O–H groups in total. The SMILES string of the molecule is Cc1cc(C)c2c(C(=O)N3CCCC3C)cc(-c3cnc(C)nc3)nc2c1. The highest BCUT2D eigenvalue weighted by atomic mass is 16.2. The van der Waals surface area contributed by atoms with Gasteiger partial charge in [-0.15, -0.1) is 0 Å². The van der Waals surface area contributed by atoms with Crippen LogP contribution in [0.2, 0.25) is 0 Å². The zero-order chi connectivity index (χ0) is 19.1. The zero-order valence-electron chi connectivity index (χ0n) is 16.3. The Morgan fingerprint density at radius 3 is 2.52 bits per heavy atom. The van der Waals surface area contributed by atoms with Crippen molar-refractivity contribution in [2.75, 3.05) is 6.54 Å². The van der Waals surface area contributed by atoms with Gasteiger partial charge < -0.3 is 4.90 Å². The van der Waals surface area contributed by atoms with Crippen LogP contribution < -0.4 is 0 Å². The van der Waals surface area contributed by atoms with E-state index < -0.39 is 0 Å². The van der Waals surface area contributed by atoms with Gasteiger partial charge in [-0.3, -0.25) is 4.79 Å². The molecule has 3 aromatic rings. The number of carbonyl (C=O) groups excluding carboxylic acids is 1. The lowest BCUT2D eigenvalue weighted by Crippen LogP contribution is -2.33. The molecule has 0 aliphatic carbocycles. The van der Waals surface area contributed by atoms with Gasteiger partial charge in [-0.1, -0.05) is 6.07 Å². The lowest BCUT2D eigenvalue weighted by atomic mass is 9.98. The van der Waals surface area contributed by atoms with Crippen LogP contribution >= 0.6 is 0 Å². The van der Waals surface area contributed by atoms with Gasteiger partial charge in [-0.25, -0.2) is 15.0 Å². The molecule has 1 saturated heterocycles. The summed E-state index contributed by atoms with van der Waals surface area (Å²) in [5.74, 6) is 0.807. The van der Waals surface area contributed by atoms with Crippen LogP contribution in [-0.4, -0.2) is 38.3 Å². The monoisotopic (exact) mass is 360 g/mol. The van der Waals surface area contributed by atoms with Crippen molar-refractivity contribution in [2.24, 2.45) is 0 Å². The number of fused-ring (bicyclic) bond motifs is 1. The minimum absolute atomic E-state index is 0.0913. The quantitative estimate of drug-likeness (QED) is 0.686. The molecule has 5 heteroatoms. The predicted octanol–water partition coefficient (Wildman–Crippen LogP) is 4.24. The number of nitrogens with zero attached hydrogens (tertiary/aromatic N) is 4. The van der Waals surface area contributed by atoms with E-state index in [2.05, 4.69) is 36.8 Å². The molecule has 1 atom stereocenters. The number of hydrogen-bond donors (Lipinski definition) is 0. The number of rotatable bonds is 2. The maximum absolute atomic E-state index is 13.4. The number of aromatic nitrogens is 3. The molecule has 5 nitrogen and oxygen atoms in total. The Kier molecular flexibility index (Phi) is 4.38. The van der Waals surface area contributed by atoms with E-state index in [1.54, 1.807) is 12.4 Å². The van der Waals surface area contributed by atoms with Crippen molar-refractivity contribution in [1.29, 1.82) is 0 Å². The Morgan fingerprint density at radius 1 is 1.11 bits per heavy atom. The van der Waals surface area contributed by atoms with E-state index in [-0.39, 0.29) is 11.9 Å². The van der Waals surface area contributed by atoms with Gasteiger partial charge in [-0.2, -0.15) is 0 Å². The number of likely N-dealkylation sites (tertiary alicyclic amines) is 1. The molecule has 1 aromatic carbocycles. The lowest BCUT2D eigenvalue weighted by molar-refractivity contribution is 0.0749. The van der Waals surface area contributed by atoms with E-state index in [1.165, 1.54) is 0 Å². The molecule has 1 unspecified atom stereocenters. The summed E-state index contributed by atoms with van der Waals surface area (Å²) in [6.07, 6.45) is 5.66. The Bertz CT molecular complexity index is 1030. The molecule has 3 heterocycles. The highest BCUT2D eigenvalue weighted by Crippen LogP contribution is 2.30. The number of carbonyl (C=O) groups is 1. The van der Waals surface area contributed by atoms with Crippen molar-refractivity contribution in [2.45, 2.75) is 46.6 Å². The van der Waals surface area contributed by atoms with Gasteiger partial charge in [0.15, 0.2) is 0 Å². The molecule has 1 aliphatic rings. The van der Waals surface area contributed by atoms with Crippen LogP contribution in [-0.2, 0) is 0 Å². The van der Waals surface area contributed by atoms with Crippen LogP contribution in [0.5, 0.6) is 0 Å². The summed E-state index contributed by atoms with van der Waals surface area (Å²) in [6.45, 7) is 8.90. The van der Waals surface area contributed by atoms with Gasteiger partial charge in [0.05, 0.1) is 16.8 Å². The molecule has 4 rings (SSSR count). The first-order chi connectivity index (χ1) is 12.9. The van der Waals surface area contributed by atoms with Crippen molar-refractivity contribution in [3.63, 3.8) is 0 Å². The average Bonchev–Trinajstić information content (AvgIpc) is 3.06. The molecule has 0 saturated carbocycles. The van der Waals surface area contributed by atoms with Gasteiger partial charge in [0.25, 0.3) is 5.91 Å². The molecule has 2 aromatic heterocycles. The molecule has 1 aliphatic heterocycles. The van der Waals surface area contributed by atoms with E-state index in [1.807, 2.05) is 24.0 Å². The Morgan fingerprint density at radius 2 is 1.85 bits per heavy atom. The van der Waals surface area contributed by atoms with Gasteiger partial charge in [0.2, 0.25) is 0 Å². The predicted molar refractivity (Wildman–Crippen MR) is 107 cm³/mol. The first kappa shape index (κ1) is 17.6. The smallest absolute Gasteiger partial charge is 0.254 e. The fourth-order valence-electron chi connectivity index (χ4n) is 3.99. The van der Waals surface area contributed by atoms with Gasteiger partial charge in [0, 0.05) is 35.9 Å². The summed E-state index contributed by atoms with van der Waals surface area (Å²) in [7, 11) is 0. The van der Waals surface area contributed by atoms with E-state index in [9.17, 15) is 4.79 Å². The number of pyridine rings is 1. The van der Waals surface area contributed by atoms with Crippen molar-refractivity contribution >= 4 is 16.8 Å². The standard InChI is InChI=1S/C22H24N4O/c1-13-8-14(2)21-18(22(27)26-7-5-6-15(26)3)10-19(25-20(21)9-13)17-11-23-16(4)24-12-17/h8-12,15H,5-7H2,1-4H3. The van der Waals surface area contributed by atoms with Crippen LogP contribution in [0.4, 0.5) is 0 Å². The molecule has 0 radical (unpaired) electrons. The summed E-state index contributed by atoms with van der Waals surface area (Å²) in [6, 6.07) is 6.35. The fourth-order valence-corrected chi connectivity index (χ4v) is 3.99. The van der Waals surface area contributed by atoms with Crippen molar-refractivity contribution in [3.8, 4) is 11.3 Å². The van der Waals surface area contributed by atoms with Gasteiger partial charge >= 0.3 is 0 Å². The fraction of sp³-hybridized carbons (Fsp3) is 0.364. The van der Waals surface area contributed by atoms with Crippen LogP contribution in [0.3, 0.4) is 0 Å². The van der Waals surface area contributed by atoms with Crippen LogP contribution in [0.25, 0.3) is 22.2 Å². The summed E-state index contributed by atoms with van der Waals surface area (Å²) in [4.78, 5) is 28.8. The van der Waals surface area contributed by atoms with Crippen molar-refractivity contribution in [1.82, 2.24) is 19.9 Å². The molecule has 27 heavy (non-hydrogen) atoms. The Balaban J connectivity index is 1.94. The first-order valence-corrected chi connectivity index (χ1v) is 9.46. The molecule has 1 amide bonds. The third-order valence-electron chi connectivity index (χ3n) is 5.37. The molecule has 1 fully saturated rings. The maximum atomic E-state index is 13.4. The zero-order valence-corrected chi connectivity index (χ0v) is 16.3. The van der Waals surface area contributed by atoms with E-state index in [0.29, 0.717) is 5.82 Å². The summed E-state index contributed by atoms with van der Waals surface area (Å²) in [5, 5.41) is 0.946. The van der Waals surface area contributed by atoms with E-state index >= 15 is 0 Å². The number of amides is 1. The lowest BCUT2D eigenvalue weighted by Gasteiger charge is -2.23. The van der Waals surface area contributed by atoms with E-state index in [4.69, 9.17) is 4.98 Å². The van der Waals surface area contributed by atoms with Crippen LogP contribution in [0.1, 0.15) is 47.1 Å². The minimum atomic E-state index is 0.0913. The molecule has 0 bridgehead atoms. The average molecular weight is 360 g/mol. The molecule has 138 valence electrons. The summed E-state index contributed by atoms with van der Waals surface area (Å²) >= 11 is 0. The largest absolute Gasteiger partial charge is 0.336 e. The maximum Gasteiger partial charge on any atom is 0.254 e. The second-order valence-corrected chi connectivity index (χ2v) is 7.54. The normalized spacial score (nSPS) is 16.9. The Hall–Kier alpha value is -2.82. The van der Waals surface area contributed by atoms with Gasteiger partial charge in [0.1, 0.15) is 5.82 Å². The molecule has 0 spiro atoms. The molecular formula is C22H24N4O. The van der Waals surface area contributed by atoms with Crippen LogP contribution in [0, 0.1) is 20.8 Å². The molecular weight excluding hydrogens is 336 g/mol. The first-order valence-electron chi connectivity index (χ1n) is 9.46. The third-order valence-corrected chi connectivity index (χ3v) is 5.37. The van der Waals surface area contributed by atoms with Gasteiger partial charge in [-0.05, 0) is 63.8 Å². The number of aryl methyl sites for hydroxylation is 3. The third kappa shape index (κ3) is 3.18.